The van der Waals surface area contributed by atoms with Gasteiger partial charge in [0.25, 0.3) is 0 Å². The van der Waals surface area contributed by atoms with Gasteiger partial charge in [0.1, 0.15) is 6.04 Å². The van der Waals surface area contributed by atoms with Gasteiger partial charge in [0.05, 0.1) is 6.61 Å². The van der Waals surface area contributed by atoms with Crippen molar-refractivity contribution in [3.8, 4) is 0 Å². The smallest absolute Gasteiger partial charge is 0.323 e. The fraction of sp³-hybridized carbons (Fsp3) is 0.588. The first-order chi connectivity index (χ1) is 9.61. The SMILES string of the molecule is CCOC(=O)C1CCCCN1Cc1cc(C)ccc1C. The Kier molecular flexibility index (Phi) is 5.18. The summed E-state index contributed by atoms with van der Waals surface area (Å²) in [5.41, 5.74) is 3.89. The Labute approximate surface area is 121 Å². The molecule has 1 aromatic carbocycles. The molecule has 3 nitrogen and oxygen atoms in total. The monoisotopic (exact) mass is 275 g/mol. The van der Waals surface area contributed by atoms with Crippen molar-refractivity contribution in [2.24, 2.45) is 0 Å². The van der Waals surface area contributed by atoms with Crippen molar-refractivity contribution in [3.63, 3.8) is 0 Å². The van der Waals surface area contributed by atoms with E-state index in [0.29, 0.717) is 6.61 Å². The van der Waals surface area contributed by atoms with Crippen LogP contribution in [0.3, 0.4) is 0 Å². The van der Waals surface area contributed by atoms with Gasteiger partial charge in [-0.15, -0.1) is 0 Å². The highest BCUT2D eigenvalue weighted by atomic mass is 16.5. The molecule has 0 bridgehead atoms. The minimum Gasteiger partial charge on any atom is -0.465 e. The fourth-order valence-electron chi connectivity index (χ4n) is 2.88. The Balaban J connectivity index is 2.12. The van der Waals surface area contributed by atoms with Crippen molar-refractivity contribution in [2.45, 2.75) is 52.6 Å². The van der Waals surface area contributed by atoms with E-state index in [1.165, 1.54) is 23.1 Å². The van der Waals surface area contributed by atoms with Crippen LogP contribution in [0.5, 0.6) is 0 Å². The molecule has 3 heteroatoms. The number of hydrogen-bond acceptors (Lipinski definition) is 3. The summed E-state index contributed by atoms with van der Waals surface area (Å²) in [6, 6.07) is 6.46. The molecule has 2 rings (SSSR count). The number of ether oxygens (including phenoxy) is 1. The number of carbonyl (C=O) groups excluding carboxylic acids is 1. The van der Waals surface area contributed by atoms with E-state index in [2.05, 4.69) is 36.9 Å². The summed E-state index contributed by atoms with van der Waals surface area (Å²) in [6.45, 7) is 8.41. The summed E-state index contributed by atoms with van der Waals surface area (Å²) in [7, 11) is 0. The van der Waals surface area contributed by atoms with Crippen molar-refractivity contribution in [1.82, 2.24) is 4.90 Å². The number of rotatable bonds is 4. The number of aryl methyl sites for hydroxylation is 2. The average Bonchev–Trinajstić information content (AvgIpc) is 2.44. The lowest BCUT2D eigenvalue weighted by Gasteiger charge is -2.34. The number of nitrogens with zero attached hydrogens (tertiary/aromatic N) is 1. The molecule has 0 N–H and O–H groups in total. The topological polar surface area (TPSA) is 29.5 Å². The summed E-state index contributed by atoms with van der Waals surface area (Å²) >= 11 is 0. The van der Waals surface area contributed by atoms with Crippen LogP contribution in [0, 0.1) is 13.8 Å². The Morgan fingerprint density at radius 3 is 2.90 bits per heavy atom. The predicted octanol–water partition coefficient (Wildman–Crippen LogP) is 3.22. The number of likely N-dealkylation sites (tertiary alicyclic amines) is 1. The van der Waals surface area contributed by atoms with Crippen LogP contribution in [0.15, 0.2) is 18.2 Å². The quantitative estimate of drug-likeness (QED) is 0.790. The number of piperidine rings is 1. The van der Waals surface area contributed by atoms with E-state index in [4.69, 9.17) is 4.74 Å². The van der Waals surface area contributed by atoms with Gasteiger partial charge in [-0.1, -0.05) is 30.2 Å². The first-order valence-corrected chi connectivity index (χ1v) is 7.58. The molecule has 1 aromatic rings. The van der Waals surface area contributed by atoms with Gasteiger partial charge < -0.3 is 4.74 Å². The number of esters is 1. The molecule has 0 amide bonds. The molecular weight excluding hydrogens is 250 g/mol. The highest BCUT2D eigenvalue weighted by Gasteiger charge is 2.29. The third-order valence-electron chi connectivity index (χ3n) is 4.05. The van der Waals surface area contributed by atoms with Gasteiger partial charge in [0, 0.05) is 6.54 Å². The molecule has 1 atom stereocenters. The number of hydrogen-bond donors (Lipinski definition) is 0. The normalized spacial score (nSPS) is 19.9. The minimum absolute atomic E-state index is 0.0579. The number of benzene rings is 1. The zero-order valence-electron chi connectivity index (χ0n) is 12.8. The zero-order chi connectivity index (χ0) is 14.5. The third-order valence-corrected chi connectivity index (χ3v) is 4.05. The van der Waals surface area contributed by atoms with Crippen LogP contribution in [-0.4, -0.2) is 30.1 Å². The van der Waals surface area contributed by atoms with E-state index in [1.807, 2.05) is 6.92 Å². The highest BCUT2D eigenvalue weighted by molar-refractivity contribution is 5.75. The van der Waals surface area contributed by atoms with Gasteiger partial charge in [-0.05, 0) is 51.3 Å². The van der Waals surface area contributed by atoms with Crippen LogP contribution in [0.1, 0.15) is 42.9 Å². The average molecular weight is 275 g/mol. The van der Waals surface area contributed by atoms with Gasteiger partial charge >= 0.3 is 5.97 Å². The summed E-state index contributed by atoms with van der Waals surface area (Å²) in [5.74, 6) is -0.0579. The second-order valence-corrected chi connectivity index (χ2v) is 5.66. The van der Waals surface area contributed by atoms with Crippen molar-refractivity contribution < 1.29 is 9.53 Å². The molecule has 1 heterocycles. The van der Waals surface area contributed by atoms with Crippen LogP contribution in [0.4, 0.5) is 0 Å². The summed E-state index contributed by atoms with van der Waals surface area (Å²) in [4.78, 5) is 14.4. The molecule has 0 aliphatic carbocycles. The number of carbonyl (C=O) groups is 1. The first-order valence-electron chi connectivity index (χ1n) is 7.58. The lowest BCUT2D eigenvalue weighted by molar-refractivity contribution is -0.151. The molecular formula is C17H25NO2. The van der Waals surface area contributed by atoms with E-state index < -0.39 is 0 Å². The molecule has 0 aromatic heterocycles. The fourth-order valence-corrected chi connectivity index (χ4v) is 2.88. The maximum Gasteiger partial charge on any atom is 0.323 e. The van der Waals surface area contributed by atoms with Crippen LogP contribution in [0.25, 0.3) is 0 Å². The van der Waals surface area contributed by atoms with Gasteiger partial charge in [-0.2, -0.15) is 0 Å². The van der Waals surface area contributed by atoms with Crippen LogP contribution in [-0.2, 0) is 16.1 Å². The van der Waals surface area contributed by atoms with Crippen LogP contribution >= 0.6 is 0 Å². The maximum atomic E-state index is 12.1. The van der Waals surface area contributed by atoms with E-state index in [9.17, 15) is 4.79 Å². The molecule has 1 aliphatic rings. The van der Waals surface area contributed by atoms with Crippen LogP contribution in [0.2, 0.25) is 0 Å². The lowest BCUT2D eigenvalue weighted by Crippen LogP contribution is -2.45. The minimum atomic E-state index is -0.0661. The Morgan fingerprint density at radius 2 is 2.15 bits per heavy atom. The zero-order valence-corrected chi connectivity index (χ0v) is 12.8. The van der Waals surface area contributed by atoms with Crippen molar-refractivity contribution in [2.75, 3.05) is 13.2 Å². The summed E-state index contributed by atoms with van der Waals surface area (Å²) in [5, 5.41) is 0. The summed E-state index contributed by atoms with van der Waals surface area (Å²) < 4.78 is 5.22. The highest BCUT2D eigenvalue weighted by Crippen LogP contribution is 2.22. The first kappa shape index (κ1) is 15.0. The second kappa shape index (κ2) is 6.89. The van der Waals surface area contributed by atoms with E-state index in [1.54, 1.807) is 0 Å². The molecule has 0 radical (unpaired) electrons. The van der Waals surface area contributed by atoms with Gasteiger partial charge in [0.15, 0.2) is 0 Å². The molecule has 1 aliphatic heterocycles. The van der Waals surface area contributed by atoms with Gasteiger partial charge in [-0.25, -0.2) is 0 Å². The standard InChI is InChI=1S/C17H25NO2/c1-4-20-17(19)16-7-5-6-10-18(16)12-15-11-13(2)8-9-14(15)3/h8-9,11,16H,4-7,10,12H2,1-3H3. The predicted molar refractivity (Wildman–Crippen MR) is 80.6 cm³/mol. The van der Waals surface area contributed by atoms with Crippen molar-refractivity contribution >= 4 is 5.97 Å². The Morgan fingerprint density at radius 1 is 1.35 bits per heavy atom. The molecule has 0 saturated carbocycles. The van der Waals surface area contributed by atoms with Gasteiger partial charge in [-0.3, -0.25) is 9.69 Å². The molecule has 1 saturated heterocycles. The second-order valence-electron chi connectivity index (χ2n) is 5.66. The molecule has 110 valence electrons. The lowest BCUT2D eigenvalue weighted by atomic mass is 9.99. The maximum absolute atomic E-state index is 12.1. The molecule has 1 fully saturated rings. The van der Waals surface area contributed by atoms with Crippen molar-refractivity contribution in [3.05, 3.63) is 34.9 Å². The van der Waals surface area contributed by atoms with Crippen LogP contribution < -0.4 is 0 Å². The Bertz CT molecular complexity index is 470. The summed E-state index contributed by atoms with van der Waals surface area (Å²) in [6.07, 6.45) is 3.21. The molecule has 20 heavy (non-hydrogen) atoms. The largest absolute Gasteiger partial charge is 0.465 e. The third kappa shape index (κ3) is 3.60. The van der Waals surface area contributed by atoms with E-state index in [-0.39, 0.29) is 12.0 Å². The van der Waals surface area contributed by atoms with Gasteiger partial charge in [0.2, 0.25) is 0 Å². The molecule has 1 unspecified atom stereocenters. The van der Waals surface area contributed by atoms with E-state index >= 15 is 0 Å². The van der Waals surface area contributed by atoms with Crippen molar-refractivity contribution in [1.29, 1.82) is 0 Å². The van der Waals surface area contributed by atoms with E-state index in [0.717, 1.165) is 25.9 Å². The molecule has 0 spiro atoms. The Hall–Kier alpha value is -1.35.